The van der Waals surface area contributed by atoms with Gasteiger partial charge in [-0.1, -0.05) is 53.7 Å². The second kappa shape index (κ2) is 22.4. The van der Waals surface area contributed by atoms with E-state index in [1.54, 1.807) is 12.4 Å². The van der Waals surface area contributed by atoms with E-state index in [-0.39, 0.29) is 16.8 Å². The monoisotopic (exact) mass is 627 g/mol. The molecule has 2 aromatic carbocycles. The Labute approximate surface area is 262 Å². The molecule has 2 rings (SSSR count). The van der Waals surface area contributed by atoms with Gasteiger partial charge >= 0.3 is 16.8 Å². The van der Waals surface area contributed by atoms with E-state index in [9.17, 15) is 10.2 Å². The van der Waals surface area contributed by atoms with Crippen LogP contribution in [0.2, 0.25) is 0 Å². The maximum absolute atomic E-state index is 10.5. The molecule has 0 amide bonds. The number of carboxylic acid groups (broad SMARTS) is 2. The van der Waals surface area contributed by atoms with Crippen molar-refractivity contribution in [2.24, 2.45) is 9.98 Å². The molecule has 0 aliphatic heterocycles. The maximum atomic E-state index is 10.5. The second-order valence-corrected chi connectivity index (χ2v) is 9.97. The van der Waals surface area contributed by atoms with Crippen molar-refractivity contribution in [2.45, 2.75) is 99.3 Å². The van der Waals surface area contributed by atoms with Crippen LogP contribution in [0.15, 0.2) is 34.3 Å². The summed E-state index contributed by atoms with van der Waals surface area (Å²) in [6.45, 7) is 16.1. The smallest absolute Gasteiger partial charge is 0.550 e. The third kappa shape index (κ3) is 15.7. The number of benzene rings is 2. The Morgan fingerprint density at radius 1 is 0.738 bits per heavy atom. The van der Waals surface area contributed by atoms with E-state index < -0.39 is 11.9 Å². The number of phenolic OH excluding ortho intramolecular Hbond substituents is 2. The van der Waals surface area contributed by atoms with Crippen molar-refractivity contribution in [3.63, 3.8) is 0 Å². The summed E-state index contributed by atoms with van der Waals surface area (Å²) in [5.41, 5.74) is 6.06. The van der Waals surface area contributed by atoms with Gasteiger partial charge < -0.3 is 30.0 Å². The van der Waals surface area contributed by atoms with E-state index >= 15 is 0 Å². The Hall–Kier alpha value is -3.17. The largest absolute Gasteiger partial charge is 2.00 e. The Balaban J connectivity index is 0. The molecule has 42 heavy (non-hydrogen) atoms. The predicted octanol–water partition coefficient (Wildman–Crippen LogP) is 4.69. The molecule has 0 aliphatic rings. The minimum absolute atomic E-state index is 0. The predicted molar refractivity (Wildman–Crippen MR) is 163 cm³/mol. The second-order valence-electron chi connectivity index (χ2n) is 9.97. The number of aromatic hydroxyl groups is 2. The first-order valence-electron chi connectivity index (χ1n) is 14.4. The van der Waals surface area contributed by atoms with E-state index in [4.69, 9.17) is 19.8 Å². The van der Waals surface area contributed by atoms with Crippen molar-refractivity contribution in [3.8, 4) is 11.5 Å². The average Bonchev–Trinajstić information content (AvgIpc) is 2.92. The van der Waals surface area contributed by atoms with Gasteiger partial charge in [-0.15, -0.1) is 0 Å². The molecule has 1 radical (unpaired) electrons. The molecule has 0 spiro atoms. The molecular formula is C33H48CoN2O6. The fraction of sp³-hybridized carbons (Fsp3) is 0.515. The summed E-state index contributed by atoms with van der Waals surface area (Å²) in [4.78, 5) is 26.8. The first-order valence-corrected chi connectivity index (χ1v) is 14.4. The topological polar surface area (TPSA) is 145 Å². The number of rotatable bonds is 12. The van der Waals surface area contributed by atoms with Gasteiger partial charge in [0.2, 0.25) is 0 Å². The van der Waals surface area contributed by atoms with Crippen molar-refractivity contribution >= 4 is 24.4 Å². The molecule has 0 saturated carbocycles. The minimum atomic E-state index is -1.08. The number of carboxylic acids is 2. The molecule has 2 N–H and O–H groups in total. The maximum Gasteiger partial charge on any atom is 2.00 e. The van der Waals surface area contributed by atoms with Crippen LogP contribution in [0.5, 0.6) is 11.5 Å². The van der Waals surface area contributed by atoms with Gasteiger partial charge in [-0.25, -0.2) is 0 Å². The zero-order valence-corrected chi connectivity index (χ0v) is 27.4. The van der Waals surface area contributed by atoms with Crippen molar-refractivity contribution in [3.05, 3.63) is 57.6 Å². The van der Waals surface area contributed by atoms with Crippen LogP contribution in [-0.4, -0.2) is 47.7 Å². The molecule has 2 aromatic rings. The Bertz CT molecular complexity index is 1070. The van der Waals surface area contributed by atoms with Gasteiger partial charge in [-0.2, -0.15) is 0 Å². The fourth-order valence-corrected chi connectivity index (χ4v) is 3.84. The molecule has 8 nitrogen and oxygen atoms in total. The number of phenols is 2. The average molecular weight is 628 g/mol. The van der Waals surface area contributed by atoms with E-state index in [0.717, 1.165) is 68.2 Å². The first-order chi connectivity index (χ1) is 19.3. The molecule has 0 bridgehead atoms. The zero-order valence-electron chi connectivity index (χ0n) is 26.3. The van der Waals surface area contributed by atoms with Crippen molar-refractivity contribution in [1.82, 2.24) is 0 Å². The van der Waals surface area contributed by atoms with Crippen LogP contribution in [0.3, 0.4) is 0 Å². The van der Waals surface area contributed by atoms with Gasteiger partial charge in [0.15, 0.2) is 0 Å². The summed E-state index contributed by atoms with van der Waals surface area (Å²) in [6, 6.07) is 8.35. The van der Waals surface area contributed by atoms with E-state index in [0.29, 0.717) is 36.4 Å². The van der Waals surface area contributed by atoms with E-state index in [2.05, 4.69) is 75.8 Å². The SMILES string of the molecule is CC(=O)[O-].CC(=O)[O-].CCc1cc(C(C)CC)cc(C=NCCCN=Cc2cc(C(C)CC)cc(CC)c2O)c1O.[Co+2]. The van der Waals surface area contributed by atoms with Crippen LogP contribution < -0.4 is 10.2 Å². The summed E-state index contributed by atoms with van der Waals surface area (Å²) in [6.07, 6.45) is 8.13. The first kappa shape index (κ1) is 41.0. The van der Waals surface area contributed by atoms with Crippen molar-refractivity contribution in [2.75, 3.05) is 13.1 Å². The molecule has 0 fully saturated rings. The summed E-state index contributed by atoms with van der Waals surface area (Å²) in [5, 5.41) is 38.9. The number of carbonyl (C=O) groups is 2. The number of aryl methyl sites for hydroxylation is 2. The minimum Gasteiger partial charge on any atom is -0.550 e. The third-order valence-corrected chi connectivity index (χ3v) is 6.64. The number of nitrogens with zero attached hydrogens (tertiary/aromatic N) is 2. The zero-order chi connectivity index (χ0) is 31.5. The van der Waals surface area contributed by atoms with Crippen LogP contribution >= 0.6 is 0 Å². The molecule has 2 atom stereocenters. The van der Waals surface area contributed by atoms with E-state index in [1.807, 2.05) is 0 Å². The van der Waals surface area contributed by atoms with Crippen LogP contribution in [-0.2, 0) is 39.2 Å². The van der Waals surface area contributed by atoms with Crippen LogP contribution in [0.25, 0.3) is 0 Å². The van der Waals surface area contributed by atoms with Crippen molar-refractivity contribution in [1.29, 1.82) is 0 Å². The molecule has 9 heteroatoms. The fourth-order valence-electron chi connectivity index (χ4n) is 3.84. The molecule has 2 unspecified atom stereocenters. The van der Waals surface area contributed by atoms with Crippen molar-refractivity contribution < 1.29 is 46.8 Å². The van der Waals surface area contributed by atoms with Crippen LogP contribution in [0.4, 0.5) is 0 Å². The van der Waals surface area contributed by atoms with Gasteiger partial charge in [0, 0.05) is 48.6 Å². The summed E-state index contributed by atoms with van der Waals surface area (Å²) < 4.78 is 0. The van der Waals surface area contributed by atoms with Gasteiger partial charge in [-0.3, -0.25) is 9.98 Å². The number of aliphatic carboxylic acids is 2. The molecule has 0 aromatic heterocycles. The third-order valence-electron chi connectivity index (χ3n) is 6.64. The number of carbonyl (C=O) groups excluding carboxylic acids is 2. The number of aliphatic imine (C=N–C) groups is 2. The summed E-state index contributed by atoms with van der Waals surface area (Å²) in [7, 11) is 0. The standard InChI is InChI=1S/C29H42N2O2.2C2H4O2.Co/c1-7-20(5)24-14-22(9-3)28(32)26(16-24)18-30-12-11-13-31-19-27-17-25(21(6)8-2)15-23(10-4)29(27)33;2*1-2(3)4;/h14-21,32-33H,7-13H2,1-6H3;2*1H3,(H,3,4);/q;;;+2/p-2. The van der Waals surface area contributed by atoms with Gasteiger partial charge in [0.25, 0.3) is 0 Å². The molecule has 0 aliphatic carbocycles. The number of hydrogen-bond acceptors (Lipinski definition) is 8. The summed E-state index contributed by atoms with van der Waals surface area (Å²) in [5.74, 6) is -0.564. The quantitative estimate of drug-likeness (QED) is 0.258. The van der Waals surface area contributed by atoms with Crippen LogP contribution in [0.1, 0.15) is 120 Å². The molecule has 0 heterocycles. The Morgan fingerprint density at radius 3 is 1.31 bits per heavy atom. The van der Waals surface area contributed by atoms with E-state index in [1.165, 1.54) is 11.1 Å². The van der Waals surface area contributed by atoms with Gasteiger partial charge in [0.1, 0.15) is 11.5 Å². The normalized spacial score (nSPS) is 12.0. The van der Waals surface area contributed by atoms with Gasteiger partial charge in [0.05, 0.1) is 0 Å². The molecule has 0 saturated heterocycles. The Morgan fingerprint density at radius 2 is 1.05 bits per heavy atom. The summed E-state index contributed by atoms with van der Waals surface area (Å²) >= 11 is 0. The number of hydrogen-bond donors (Lipinski definition) is 2. The molecular weight excluding hydrogens is 579 g/mol. The Kier molecular flexibility index (Phi) is 21.9. The van der Waals surface area contributed by atoms with Gasteiger partial charge in [-0.05, 0) is 92.2 Å². The molecule has 235 valence electrons. The van der Waals surface area contributed by atoms with Crippen LogP contribution in [0, 0.1) is 0 Å².